The van der Waals surface area contributed by atoms with E-state index in [0.29, 0.717) is 12.2 Å². The summed E-state index contributed by atoms with van der Waals surface area (Å²) >= 11 is 0. The summed E-state index contributed by atoms with van der Waals surface area (Å²) in [5, 5.41) is 0. The van der Waals surface area contributed by atoms with Crippen LogP contribution >= 0.6 is 0 Å². The van der Waals surface area contributed by atoms with Crippen molar-refractivity contribution < 1.29 is 4.79 Å². The third-order valence-electron chi connectivity index (χ3n) is 6.08. The molecule has 0 radical (unpaired) electrons. The lowest BCUT2D eigenvalue weighted by atomic mass is 10.1. The average Bonchev–Trinajstić information content (AvgIpc) is 3.17. The molecule has 0 saturated heterocycles. The second-order valence-corrected chi connectivity index (χ2v) is 8.73. The van der Waals surface area contributed by atoms with E-state index in [1.54, 1.807) is 17.2 Å². The van der Waals surface area contributed by atoms with Crippen molar-refractivity contribution in [3.63, 3.8) is 0 Å². The lowest BCUT2D eigenvalue weighted by molar-refractivity contribution is 0.0774. The molecule has 0 aliphatic heterocycles. The third kappa shape index (κ3) is 6.91. The lowest BCUT2D eigenvalue weighted by Gasteiger charge is -2.17. The lowest BCUT2D eigenvalue weighted by Crippen LogP contribution is -2.28. The van der Waals surface area contributed by atoms with Gasteiger partial charge in [0.2, 0.25) is 0 Å². The Labute approximate surface area is 192 Å². The van der Waals surface area contributed by atoms with E-state index in [4.69, 9.17) is 4.98 Å². The van der Waals surface area contributed by atoms with Crippen molar-refractivity contribution in [3.05, 3.63) is 60.2 Å². The number of carbonyl (C=O) groups is 1. The third-order valence-corrected chi connectivity index (χ3v) is 6.08. The molecule has 3 rings (SSSR count). The number of aryl methyl sites for hydroxylation is 1. The summed E-state index contributed by atoms with van der Waals surface area (Å²) in [6.45, 7) is 3.69. The molecule has 2 aromatic heterocycles. The second-order valence-electron chi connectivity index (χ2n) is 8.73. The van der Waals surface area contributed by atoms with Gasteiger partial charge < -0.3 is 9.47 Å². The topological polar surface area (TPSA) is 51.0 Å². The van der Waals surface area contributed by atoms with Crippen molar-refractivity contribution in [2.75, 3.05) is 7.05 Å². The van der Waals surface area contributed by atoms with Gasteiger partial charge in [-0.25, -0.2) is 4.98 Å². The van der Waals surface area contributed by atoms with Crippen LogP contribution in [0.4, 0.5) is 0 Å². The molecule has 0 fully saturated rings. The molecule has 0 spiro atoms. The maximum Gasteiger partial charge on any atom is 0.272 e. The monoisotopic (exact) mass is 434 g/mol. The van der Waals surface area contributed by atoms with E-state index >= 15 is 0 Å². The first kappa shape index (κ1) is 24.0. The van der Waals surface area contributed by atoms with Crippen molar-refractivity contribution in [2.45, 2.75) is 84.2 Å². The van der Waals surface area contributed by atoms with E-state index in [9.17, 15) is 4.79 Å². The van der Waals surface area contributed by atoms with Gasteiger partial charge in [0.1, 0.15) is 11.5 Å². The highest BCUT2D eigenvalue weighted by molar-refractivity contribution is 5.92. The Bertz CT molecular complexity index is 951. The van der Waals surface area contributed by atoms with E-state index in [-0.39, 0.29) is 5.91 Å². The fourth-order valence-corrected chi connectivity index (χ4v) is 4.22. The Morgan fingerprint density at radius 1 is 0.875 bits per heavy atom. The fourth-order valence-electron chi connectivity index (χ4n) is 4.22. The Morgan fingerprint density at radius 3 is 2.22 bits per heavy atom. The quantitative estimate of drug-likeness (QED) is 0.268. The molecule has 0 aliphatic rings. The van der Waals surface area contributed by atoms with Crippen LogP contribution in [-0.2, 0) is 13.1 Å². The van der Waals surface area contributed by atoms with Crippen LogP contribution in [0.25, 0.3) is 11.0 Å². The molecule has 1 aromatic carbocycles. The zero-order valence-corrected chi connectivity index (χ0v) is 19.8. The number of carbonyl (C=O) groups excluding carboxylic acids is 1. The Balaban J connectivity index is 1.53. The first-order valence-electron chi connectivity index (χ1n) is 12.3. The van der Waals surface area contributed by atoms with Crippen LogP contribution in [0.3, 0.4) is 0 Å². The summed E-state index contributed by atoms with van der Waals surface area (Å²) in [5.74, 6) is 0.858. The van der Waals surface area contributed by atoms with Gasteiger partial charge in [-0.3, -0.25) is 9.78 Å². The smallest absolute Gasteiger partial charge is 0.272 e. The van der Waals surface area contributed by atoms with Crippen LogP contribution in [0, 0.1) is 0 Å². The van der Waals surface area contributed by atoms with Crippen LogP contribution in [0.5, 0.6) is 0 Å². The van der Waals surface area contributed by atoms with Gasteiger partial charge in [-0.1, -0.05) is 82.9 Å². The summed E-state index contributed by atoms with van der Waals surface area (Å²) in [6.07, 6.45) is 14.9. The van der Waals surface area contributed by atoms with Crippen molar-refractivity contribution in [3.8, 4) is 0 Å². The molecule has 172 valence electrons. The normalized spacial score (nSPS) is 11.2. The molecule has 5 heteroatoms. The minimum Gasteiger partial charge on any atom is -0.333 e. The molecule has 5 nitrogen and oxygen atoms in total. The van der Waals surface area contributed by atoms with Gasteiger partial charge >= 0.3 is 0 Å². The predicted molar refractivity (Wildman–Crippen MR) is 132 cm³/mol. The fraction of sp³-hybridized carbons (Fsp3) is 0.519. The van der Waals surface area contributed by atoms with Crippen molar-refractivity contribution in [2.24, 2.45) is 0 Å². The minimum atomic E-state index is -0.0804. The summed E-state index contributed by atoms with van der Waals surface area (Å²) in [5.41, 5.74) is 2.61. The first-order chi connectivity index (χ1) is 15.7. The molecular formula is C27H38N4O. The van der Waals surface area contributed by atoms with Gasteiger partial charge in [0, 0.05) is 19.8 Å². The highest BCUT2D eigenvalue weighted by atomic mass is 16.2. The number of benzene rings is 1. The zero-order chi connectivity index (χ0) is 22.6. The number of pyridine rings is 1. The number of hydrogen-bond donors (Lipinski definition) is 0. The molecule has 32 heavy (non-hydrogen) atoms. The van der Waals surface area contributed by atoms with Gasteiger partial charge in [-0.15, -0.1) is 0 Å². The zero-order valence-electron chi connectivity index (χ0n) is 19.8. The Hall–Kier alpha value is -2.69. The standard InChI is InChI=1S/C27H38N4O/c1-3-4-5-6-7-8-9-10-11-16-21-31-25-19-13-12-17-23(25)29-26(31)22-30(2)27(32)24-18-14-15-20-28-24/h12-15,17-20H,3-11,16,21-22H2,1-2H3. The van der Waals surface area contributed by atoms with Gasteiger partial charge in [-0.05, 0) is 30.7 Å². The number of imidazole rings is 1. The van der Waals surface area contributed by atoms with E-state index < -0.39 is 0 Å². The van der Waals surface area contributed by atoms with Crippen LogP contribution in [-0.4, -0.2) is 32.4 Å². The Kier molecular flexibility index (Phi) is 9.73. The molecule has 0 N–H and O–H groups in total. The van der Waals surface area contributed by atoms with E-state index in [1.807, 2.05) is 25.2 Å². The van der Waals surface area contributed by atoms with Gasteiger partial charge in [0.05, 0.1) is 17.6 Å². The number of rotatable bonds is 14. The molecule has 3 aromatic rings. The summed E-state index contributed by atoms with van der Waals surface area (Å²) < 4.78 is 2.29. The van der Waals surface area contributed by atoms with E-state index in [2.05, 4.69) is 34.7 Å². The number of hydrogen-bond acceptors (Lipinski definition) is 3. The summed E-state index contributed by atoms with van der Waals surface area (Å²) in [4.78, 5) is 23.5. The van der Waals surface area contributed by atoms with Crippen LogP contribution in [0.1, 0.15) is 87.4 Å². The minimum absolute atomic E-state index is 0.0804. The molecule has 0 atom stereocenters. The van der Waals surface area contributed by atoms with Crippen molar-refractivity contribution >= 4 is 16.9 Å². The van der Waals surface area contributed by atoms with E-state index in [0.717, 1.165) is 29.8 Å². The second kappa shape index (κ2) is 13.0. The van der Waals surface area contributed by atoms with Crippen LogP contribution < -0.4 is 0 Å². The molecule has 0 unspecified atom stereocenters. The highest BCUT2D eigenvalue weighted by Crippen LogP contribution is 2.19. The van der Waals surface area contributed by atoms with Crippen molar-refractivity contribution in [1.82, 2.24) is 19.4 Å². The first-order valence-corrected chi connectivity index (χ1v) is 12.3. The number of amides is 1. The number of aromatic nitrogens is 3. The average molecular weight is 435 g/mol. The van der Waals surface area contributed by atoms with Gasteiger partial charge in [-0.2, -0.15) is 0 Å². The number of nitrogens with zero attached hydrogens (tertiary/aromatic N) is 4. The molecule has 0 bridgehead atoms. The maximum absolute atomic E-state index is 12.7. The highest BCUT2D eigenvalue weighted by Gasteiger charge is 2.17. The molecule has 0 aliphatic carbocycles. The van der Waals surface area contributed by atoms with Crippen molar-refractivity contribution in [1.29, 1.82) is 0 Å². The molecule has 0 saturated carbocycles. The van der Waals surface area contributed by atoms with Crippen LogP contribution in [0.2, 0.25) is 0 Å². The summed E-state index contributed by atoms with van der Waals surface area (Å²) in [6, 6.07) is 13.7. The summed E-state index contributed by atoms with van der Waals surface area (Å²) in [7, 11) is 1.82. The SMILES string of the molecule is CCCCCCCCCCCCn1c(CN(C)C(=O)c2ccccn2)nc2ccccc21. The van der Waals surface area contributed by atoms with Crippen LogP contribution in [0.15, 0.2) is 48.7 Å². The predicted octanol–water partition coefficient (Wildman–Crippen LogP) is 6.62. The maximum atomic E-state index is 12.7. The number of unbranched alkanes of at least 4 members (excludes halogenated alkanes) is 9. The van der Waals surface area contributed by atoms with E-state index in [1.165, 1.54) is 57.8 Å². The molecular weight excluding hydrogens is 396 g/mol. The molecule has 1 amide bonds. The largest absolute Gasteiger partial charge is 0.333 e. The Morgan fingerprint density at radius 2 is 1.53 bits per heavy atom. The van der Waals surface area contributed by atoms with Gasteiger partial charge in [0.25, 0.3) is 5.91 Å². The van der Waals surface area contributed by atoms with Gasteiger partial charge in [0.15, 0.2) is 0 Å². The number of fused-ring (bicyclic) bond motifs is 1. The molecule has 2 heterocycles. The number of para-hydroxylation sites is 2.